The molecule has 37 heavy (non-hydrogen) atoms. The number of aliphatic imine (C=N–C) groups is 1. The first-order valence-electron chi connectivity index (χ1n) is 11.9. The van der Waals surface area contributed by atoms with Crippen molar-refractivity contribution in [1.29, 1.82) is 0 Å². The van der Waals surface area contributed by atoms with Gasteiger partial charge in [-0.25, -0.2) is 18.6 Å². The van der Waals surface area contributed by atoms with E-state index < -0.39 is 29.1 Å². The van der Waals surface area contributed by atoms with Crippen LogP contribution in [0, 0.1) is 11.6 Å². The second kappa shape index (κ2) is 12.4. The molecule has 0 unspecified atom stereocenters. The zero-order chi connectivity index (χ0) is 27.1. The molecule has 0 aliphatic carbocycles. The summed E-state index contributed by atoms with van der Waals surface area (Å²) in [5.41, 5.74) is 2.08. The van der Waals surface area contributed by atoms with Gasteiger partial charge in [-0.1, -0.05) is 24.3 Å². The van der Waals surface area contributed by atoms with E-state index in [2.05, 4.69) is 27.1 Å². The minimum absolute atomic E-state index is 0.190. The van der Waals surface area contributed by atoms with Gasteiger partial charge in [0.2, 0.25) is 0 Å². The maximum Gasteiger partial charge on any atom is 0.319 e. The fraction of sp³-hybridized carbons (Fsp3) is 0.333. The number of carbonyl (C=O) groups excluding carboxylic acids is 3. The number of nitrogens with one attached hydrogen (secondary N) is 2. The smallest absolute Gasteiger partial charge is 0.319 e. The lowest BCUT2D eigenvalue weighted by Gasteiger charge is -2.35. The van der Waals surface area contributed by atoms with Crippen LogP contribution in [0.5, 0.6) is 0 Å². The van der Waals surface area contributed by atoms with Gasteiger partial charge < -0.3 is 15.5 Å². The van der Waals surface area contributed by atoms with E-state index in [1.54, 1.807) is 32.9 Å². The zero-order valence-electron chi connectivity index (χ0n) is 21.2. The van der Waals surface area contributed by atoms with Crippen molar-refractivity contribution in [2.24, 2.45) is 4.99 Å². The molecule has 0 atom stereocenters. The third-order valence-electron chi connectivity index (χ3n) is 5.68. The minimum atomic E-state index is -1.31. The van der Waals surface area contributed by atoms with Crippen molar-refractivity contribution in [2.45, 2.75) is 27.3 Å². The number of hydrogen-bond donors (Lipinski definition) is 2. The van der Waals surface area contributed by atoms with Crippen molar-refractivity contribution in [1.82, 2.24) is 15.1 Å². The maximum absolute atomic E-state index is 14.7. The number of piperazine rings is 1. The van der Waals surface area contributed by atoms with Gasteiger partial charge in [0.25, 0.3) is 11.8 Å². The fourth-order valence-corrected chi connectivity index (χ4v) is 3.82. The Kier molecular flexibility index (Phi) is 9.24. The number of anilines is 1. The van der Waals surface area contributed by atoms with Gasteiger partial charge in [0.05, 0.1) is 11.3 Å². The summed E-state index contributed by atoms with van der Waals surface area (Å²) in [7, 11) is 0. The number of rotatable bonds is 7. The molecule has 0 radical (unpaired) electrons. The highest BCUT2D eigenvalue weighted by molar-refractivity contribution is 6.02. The summed E-state index contributed by atoms with van der Waals surface area (Å²) in [5, 5.41) is 4.70. The summed E-state index contributed by atoms with van der Waals surface area (Å²) in [6.45, 7) is 11.4. The first-order valence-corrected chi connectivity index (χ1v) is 11.9. The van der Waals surface area contributed by atoms with Gasteiger partial charge in [0.15, 0.2) is 11.6 Å². The highest BCUT2D eigenvalue weighted by atomic mass is 19.2. The van der Waals surface area contributed by atoms with E-state index in [9.17, 15) is 23.2 Å². The Hall–Kier alpha value is -3.92. The van der Waals surface area contributed by atoms with Crippen LogP contribution in [0.25, 0.3) is 0 Å². The summed E-state index contributed by atoms with van der Waals surface area (Å²) in [6.07, 6.45) is 0. The number of benzene rings is 2. The highest BCUT2D eigenvalue weighted by Crippen LogP contribution is 2.23. The van der Waals surface area contributed by atoms with Crippen molar-refractivity contribution in [2.75, 3.05) is 38.0 Å². The van der Waals surface area contributed by atoms with Crippen molar-refractivity contribution in [3.63, 3.8) is 0 Å². The molecule has 8 nitrogen and oxygen atoms in total. The van der Waals surface area contributed by atoms with Crippen molar-refractivity contribution < 1.29 is 23.2 Å². The Bertz CT molecular complexity index is 1230. The topological polar surface area (TPSA) is 94.1 Å². The summed E-state index contributed by atoms with van der Waals surface area (Å²) >= 11 is 0. The first-order chi connectivity index (χ1) is 17.5. The predicted octanol–water partition coefficient (Wildman–Crippen LogP) is 4.24. The maximum atomic E-state index is 14.7. The van der Waals surface area contributed by atoms with Crippen molar-refractivity contribution >= 4 is 29.2 Å². The molecule has 0 bridgehead atoms. The lowest BCUT2D eigenvalue weighted by molar-refractivity contribution is 0.0622. The van der Waals surface area contributed by atoms with Crippen LogP contribution in [-0.2, 0) is 6.54 Å². The van der Waals surface area contributed by atoms with E-state index in [4.69, 9.17) is 0 Å². The molecule has 196 valence electrons. The second-order valence-electron chi connectivity index (χ2n) is 9.19. The van der Waals surface area contributed by atoms with Crippen LogP contribution in [0.3, 0.4) is 0 Å². The lowest BCUT2D eigenvalue weighted by Crippen LogP contribution is -2.48. The molecule has 0 spiro atoms. The van der Waals surface area contributed by atoms with Gasteiger partial charge in [-0.3, -0.25) is 14.5 Å². The van der Waals surface area contributed by atoms with E-state index in [0.29, 0.717) is 49.6 Å². The molecule has 2 aromatic carbocycles. The molecular formula is C27H31F2N5O3. The molecule has 1 aliphatic heterocycles. The Morgan fingerprint density at radius 1 is 1.00 bits per heavy atom. The number of amides is 4. The highest BCUT2D eigenvalue weighted by Gasteiger charge is 2.27. The third-order valence-corrected chi connectivity index (χ3v) is 5.68. The fourth-order valence-electron chi connectivity index (χ4n) is 3.82. The molecule has 4 amide bonds. The van der Waals surface area contributed by atoms with Crippen LogP contribution >= 0.6 is 0 Å². The van der Waals surface area contributed by atoms with Crippen molar-refractivity contribution in [3.05, 3.63) is 76.9 Å². The van der Waals surface area contributed by atoms with Gasteiger partial charge in [-0.2, -0.15) is 0 Å². The van der Waals surface area contributed by atoms with Crippen LogP contribution < -0.4 is 10.6 Å². The van der Waals surface area contributed by atoms with Gasteiger partial charge in [0, 0.05) is 50.5 Å². The van der Waals surface area contributed by atoms with E-state index in [-0.39, 0.29) is 18.1 Å². The largest absolute Gasteiger partial charge is 0.336 e. The van der Waals surface area contributed by atoms with Crippen LogP contribution in [0.4, 0.5) is 19.3 Å². The van der Waals surface area contributed by atoms with E-state index >= 15 is 0 Å². The second-order valence-corrected chi connectivity index (χ2v) is 9.19. The number of hydrogen-bond acceptors (Lipinski definition) is 4. The van der Waals surface area contributed by atoms with E-state index in [1.807, 2.05) is 12.1 Å². The standard InChI is InChI=1S/C27H31F2N5O3/c1-17(2)15-30-27(37)32-22-9-8-21(23(28)24(22)29)26(36)34-12-10-33(11-13-34)16-19-6-5-7-20(14-19)25(35)31-18(3)4/h5-9,14H,1,10-13,15-16H2,2-4H3,(H2,30,32,37). The Balaban J connectivity index is 1.59. The Labute approximate surface area is 215 Å². The summed E-state index contributed by atoms with van der Waals surface area (Å²) < 4.78 is 29.3. The first kappa shape index (κ1) is 27.7. The summed E-state index contributed by atoms with van der Waals surface area (Å²) in [6, 6.07) is 8.88. The molecular weight excluding hydrogens is 480 g/mol. The van der Waals surface area contributed by atoms with Crippen molar-refractivity contribution in [3.8, 4) is 0 Å². The van der Waals surface area contributed by atoms with E-state index in [1.165, 1.54) is 17.0 Å². The summed E-state index contributed by atoms with van der Waals surface area (Å²) in [4.78, 5) is 44.5. The molecule has 1 saturated heterocycles. The van der Waals surface area contributed by atoms with Crippen LogP contribution in [-0.4, -0.2) is 66.1 Å². The monoisotopic (exact) mass is 511 g/mol. The molecule has 1 aliphatic rings. The number of halogens is 2. The molecule has 1 heterocycles. The Morgan fingerprint density at radius 2 is 1.70 bits per heavy atom. The zero-order valence-corrected chi connectivity index (χ0v) is 21.2. The van der Waals surface area contributed by atoms with Crippen LogP contribution in [0.15, 0.2) is 53.5 Å². The van der Waals surface area contributed by atoms with Gasteiger partial charge >= 0.3 is 6.03 Å². The van der Waals surface area contributed by atoms with Crippen LogP contribution in [0.1, 0.15) is 47.1 Å². The third kappa shape index (κ3) is 7.53. The molecule has 2 N–H and O–H groups in total. The minimum Gasteiger partial charge on any atom is -0.336 e. The average molecular weight is 512 g/mol. The number of urea groups is 1. The molecule has 3 rings (SSSR count). The average Bonchev–Trinajstić information content (AvgIpc) is 2.85. The predicted molar refractivity (Wildman–Crippen MR) is 139 cm³/mol. The van der Waals surface area contributed by atoms with Gasteiger partial charge in [-0.05, 0) is 50.6 Å². The SMILES string of the molecule is C=C(C)CNC(=O)Nc1ccc(C(=O)N2CCN(Cc3cccc(C(=O)N=C(C)C)c3)CC2)c(F)c1F. The lowest BCUT2D eigenvalue weighted by atomic mass is 10.1. The molecule has 0 aromatic heterocycles. The van der Waals surface area contributed by atoms with Crippen LogP contribution in [0.2, 0.25) is 0 Å². The summed E-state index contributed by atoms with van der Waals surface area (Å²) in [5.74, 6) is -3.52. The number of nitrogens with zero attached hydrogens (tertiary/aromatic N) is 3. The molecule has 1 fully saturated rings. The van der Waals surface area contributed by atoms with E-state index in [0.717, 1.165) is 5.56 Å². The quantitative estimate of drug-likeness (QED) is 0.430. The number of carbonyl (C=O) groups is 3. The molecule has 0 saturated carbocycles. The van der Waals surface area contributed by atoms with Gasteiger partial charge in [0.1, 0.15) is 0 Å². The normalized spacial score (nSPS) is 13.6. The van der Waals surface area contributed by atoms with Gasteiger partial charge in [-0.15, -0.1) is 0 Å². The Morgan fingerprint density at radius 3 is 2.35 bits per heavy atom. The molecule has 10 heteroatoms. The molecule has 2 aromatic rings.